The van der Waals surface area contributed by atoms with Crippen LogP contribution >= 0.6 is 0 Å². The molecule has 5 unspecified atom stereocenters. The first kappa shape index (κ1) is 37.9. The maximum absolute atomic E-state index is 14.0. The number of carboxylic acid groups (broad SMARTS) is 2. The molecule has 280 valence electrons. The highest BCUT2D eigenvalue weighted by atomic mass is 19.1. The minimum absolute atomic E-state index is 0.0682. The number of fused-ring (bicyclic) bond motifs is 7. The van der Waals surface area contributed by atoms with E-state index in [1.54, 1.807) is 0 Å². The molecule has 6 nitrogen and oxygen atoms in total. The number of hydrogen-bond donors (Lipinski definition) is 1. The van der Waals surface area contributed by atoms with Gasteiger partial charge in [-0.3, -0.25) is 4.79 Å². The van der Waals surface area contributed by atoms with Crippen LogP contribution in [0.2, 0.25) is 0 Å². The van der Waals surface area contributed by atoms with E-state index in [4.69, 9.17) is 4.74 Å². The molecule has 0 amide bonds. The monoisotopic (exact) mass is 703 g/mol. The number of esters is 1. The summed E-state index contributed by atoms with van der Waals surface area (Å²) < 4.78 is 20.2. The smallest absolute Gasteiger partial charge is 0.337 e. The number of rotatable bonds is 6. The molecule has 0 aromatic heterocycles. The van der Waals surface area contributed by atoms with Crippen molar-refractivity contribution in [1.29, 1.82) is 0 Å². The van der Waals surface area contributed by atoms with Crippen LogP contribution in [0.5, 0.6) is 0 Å². The van der Waals surface area contributed by atoms with Crippen molar-refractivity contribution in [2.75, 3.05) is 0 Å². The SMILES string of the molecule is CC(C)C1CC[C@]2(C#Cc3ccc(F)cc3C(=O)O)CC[C@]3(C)C(CCC4[C@@]5(C)CC[C@H](OC(=O)CC(C)(C)C(=O)[O-])C(C)(C)C5CC[C@]43C)C12. The maximum Gasteiger partial charge on any atom is 0.337 e. The van der Waals surface area contributed by atoms with Gasteiger partial charge in [0.1, 0.15) is 11.9 Å². The van der Waals surface area contributed by atoms with Crippen LogP contribution in [0.1, 0.15) is 149 Å². The lowest BCUT2D eigenvalue weighted by Crippen LogP contribution is -2.66. The average Bonchev–Trinajstić information content (AvgIpc) is 3.42. The van der Waals surface area contributed by atoms with Gasteiger partial charge in [0.25, 0.3) is 0 Å². The second kappa shape index (κ2) is 12.6. The fourth-order valence-corrected chi connectivity index (χ4v) is 13.4. The van der Waals surface area contributed by atoms with Crippen molar-refractivity contribution >= 4 is 17.9 Å². The molecule has 5 fully saturated rings. The molecular formula is C44H60FO6-. The second-order valence-corrected chi connectivity index (χ2v) is 19.7. The molecule has 51 heavy (non-hydrogen) atoms. The van der Waals surface area contributed by atoms with Crippen molar-refractivity contribution in [3.05, 3.63) is 35.1 Å². The Labute approximate surface area is 305 Å². The summed E-state index contributed by atoms with van der Waals surface area (Å²) in [6, 6.07) is 3.92. The summed E-state index contributed by atoms with van der Waals surface area (Å²) in [5.41, 5.74) is -1.01. The van der Waals surface area contributed by atoms with E-state index in [1.165, 1.54) is 26.0 Å². The first-order chi connectivity index (χ1) is 23.6. The summed E-state index contributed by atoms with van der Waals surface area (Å²) in [7, 11) is 0. The third-order valence-corrected chi connectivity index (χ3v) is 16.4. The van der Waals surface area contributed by atoms with Gasteiger partial charge in [0.2, 0.25) is 0 Å². The van der Waals surface area contributed by atoms with Crippen LogP contribution < -0.4 is 5.11 Å². The number of carbonyl (C=O) groups excluding carboxylic acids is 2. The number of hydrogen-bond acceptors (Lipinski definition) is 5. The van der Waals surface area contributed by atoms with Crippen molar-refractivity contribution in [2.45, 2.75) is 139 Å². The molecule has 1 N–H and O–H groups in total. The van der Waals surface area contributed by atoms with Crippen molar-refractivity contribution in [3.8, 4) is 11.8 Å². The van der Waals surface area contributed by atoms with Crippen LogP contribution in [-0.2, 0) is 14.3 Å². The quantitative estimate of drug-likeness (QED) is 0.235. The first-order valence-corrected chi connectivity index (χ1v) is 19.6. The Balaban J connectivity index is 1.30. The van der Waals surface area contributed by atoms with Crippen LogP contribution in [-0.4, -0.2) is 29.1 Å². The summed E-state index contributed by atoms with van der Waals surface area (Å²) in [6.07, 6.45) is 10.1. The molecule has 6 rings (SSSR count). The van der Waals surface area contributed by atoms with Gasteiger partial charge in [0.05, 0.1) is 12.0 Å². The third kappa shape index (κ3) is 5.84. The van der Waals surface area contributed by atoms with Gasteiger partial charge in [-0.1, -0.05) is 74.2 Å². The Hall–Kier alpha value is -2.88. The fourth-order valence-electron chi connectivity index (χ4n) is 13.4. The highest BCUT2D eigenvalue weighted by molar-refractivity contribution is 5.90. The molecule has 0 heterocycles. The molecule has 0 bridgehead atoms. The van der Waals surface area contributed by atoms with E-state index >= 15 is 0 Å². The molecule has 1 aromatic rings. The Morgan fingerprint density at radius 1 is 0.941 bits per heavy atom. The predicted molar refractivity (Wildman–Crippen MR) is 193 cm³/mol. The molecule has 0 aliphatic heterocycles. The minimum atomic E-state index is -1.27. The molecule has 1 aromatic carbocycles. The number of carboxylic acids is 2. The summed E-state index contributed by atoms with van der Waals surface area (Å²) in [5.74, 6) is 6.57. The van der Waals surface area contributed by atoms with Gasteiger partial charge in [-0.25, -0.2) is 9.18 Å². The van der Waals surface area contributed by atoms with Crippen molar-refractivity contribution in [1.82, 2.24) is 0 Å². The van der Waals surface area contributed by atoms with E-state index in [2.05, 4.69) is 60.3 Å². The summed E-state index contributed by atoms with van der Waals surface area (Å²) in [5, 5.41) is 21.4. The predicted octanol–water partition coefficient (Wildman–Crippen LogP) is 8.69. The van der Waals surface area contributed by atoms with Gasteiger partial charge in [-0.2, -0.15) is 0 Å². The van der Waals surface area contributed by atoms with E-state index in [-0.39, 0.29) is 45.2 Å². The zero-order chi connectivity index (χ0) is 37.5. The molecule has 7 heteroatoms. The highest BCUT2D eigenvalue weighted by Gasteiger charge is 2.71. The Morgan fingerprint density at radius 2 is 1.65 bits per heavy atom. The molecule has 0 radical (unpaired) electrons. The van der Waals surface area contributed by atoms with Gasteiger partial charge in [-0.15, -0.1) is 0 Å². The van der Waals surface area contributed by atoms with Crippen molar-refractivity contribution in [3.63, 3.8) is 0 Å². The number of halogens is 1. The van der Waals surface area contributed by atoms with E-state index in [9.17, 15) is 29.0 Å². The first-order valence-electron chi connectivity index (χ1n) is 19.6. The van der Waals surface area contributed by atoms with Crippen LogP contribution in [0.25, 0.3) is 0 Å². The zero-order valence-electron chi connectivity index (χ0n) is 32.4. The maximum atomic E-state index is 14.0. The van der Waals surface area contributed by atoms with Crippen LogP contribution in [0.4, 0.5) is 4.39 Å². The lowest BCUT2D eigenvalue weighted by Gasteiger charge is -2.72. The lowest BCUT2D eigenvalue weighted by molar-refractivity contribution is -0.318. The average molecular weight is 704 g/mol. The standard InChI is InChI=1S/C44H61FO6/c1-26(2)29-15-21-44(20-14-27-10-11-28(45)24-30(27)37(47)48)23-22-42(8)31(36(29)44)12-13-33-41(7)18-17-34(51-35(46)25-39(3,4)38(49)50)40(5,6)32(41)16-19-43(33,42)9/h10-11,24,26,29,31-34,36H,12-13,15-19,21-23,25H2,1-9H3,(H,47,48)(H,49,50)/p-1/t29?,31?,32?,33?,34-,36?,41-,42+,43+,44+/m0/s1. The molecule has 10 atom stereocenters. The van der Waals surface area contributed by atoms with Gasteiger partial charge >= 0.3 is 11.9 Å². The van der Waals surface area contributed by atoms with E-state index in [0.29, 0.717) is 41.1 Å². The summed E-state index contributed by atoms with van der Waals surface area (Å²) >= 11 is 0. The topological polar surface area (TPSA) is 104 Å². The number of aliphatic carboxylic acids is 1. The number of carbonyl (C=O) groups is 3. The number of benzene rings is 1. The molecule has 5 aliphatic carbocycles. The summed E-state index contributed by atoms with van der Waals surface area (Å²) in [6.45, 7) is 20.0. The molecule has 0 saturated heterocycles. The second-order valence-electron chi connectivity index (χ2n) is 19.7. The minimum Gasteiger partial charge on any atom is -0.550 e. The fraction of sp³-hybridized carbons (Fsp3) is 0.750. The Bertz CT molecular complexity index is 1650. The van der Waals surface area contributed by atoms with Crippen LogP contribution in [0, 0.1) is 85.7 Å². The van der Waals surface area contributed by atoms with E-state index in [0.717, 1.165) is 70.3 Å². The molecule has 5 aliphatic rings. The van der Waals surface area contributed by atoms with Gasteiger partial charge < -0.3 is 19.7 Å². The largest absolute Gasteiger partial charge is 0.550 e. The molecule has 0 spiro atoms. The summed E-state index contributed by atoms with van der Waals surface area (Å²) in [4.78, 5) is 36.7. The van der Waals surface area contributed by atoms with Crippen LogP contribution in [0.15, 0.2) is 18.2 Å². The number of ether oxygens (including phenoxy) is 1. The van der Waals surface area contributed by atoms with E-state index < -0.39 is 29.1 Å². The van der Waals surface area contributed by atoms with Crippen molar-refractivity contribution in [2.24, 2.45) is 68.0 Å². The zero-order valence-corrected chi connectivity index (χ0v) is 32.4. The Kier molecular flexibility index (Phi) is 9.37. The van der Waals surface area contributed by atoms with Gasteiger partial charge in [0, 0.05) is 27.8 Å². The van der Waals surface area contributed by atoms with Crippen molar-refractivity contribution < 1.29 is 33.7 Å². The lowest BCUT2D eigenvalue weighted by atomic mass is 9.32. The van der Waals surface area contributed by atoms with Gasteiger partial charge in [-0.05, 0) is 134 Å². The Morgan fingerprint density at radius 3 is 2.29 bits per heavy atom. The third-order valence-electron chi connectivity index (χ3n) is 16.4. The number of aromatic carboxylic acids is 1. The molecular weight excluding hydrogens is 643 g/mol. The normalized spacial score (nSPS) is 39.7. The molecule has 5 saturated carbocycles. The van der Waals surface area contributed by atoms with Crippen LogP contribution in [0.3, 0.4) is 0 Å². The van der Waals surface area contributed by atoms with E-state index in [1.807, 2.05) is 0 Å². The van der Waals surface area contributed by atoms with Gasteiger partial charge in [0.15, 0.2) is 0 Å². The highest BCUT2D eigenvalue weighted by Crippen LogP contribution is 2.77.